The molecule has 0 radical (unpaired) electrons. The number of hydrogen-bond donors (Lipinski definition) is 2. The predicted molar refractivity (Wildman–Crippen MR) is 74.9 cm³/mol. The van der Waals surface area contributed by atoms with Gasteiger partial charge in [-0.3, -0.25) is 4.79 Å². The number of carbonyl (C=O) groups is 1. The first-order valence-electron chi connectivity index (χ1n) is 5.87. The van der Waals surface area contributed by atoms with Gasteiger partial charge in [0.05, 0.1) is 11.6 Å². The zero-order chi connectivity index (χ0) is 14.8. The summed E-state index contributed by atoms with van der Waals surface area (Å²) in [5, 5.41) is 9.26. The quantitative estimate of drug-likeness (QED) is 0.879. The highest BCUT2D eigenvalue weighted by atomic mass is 32.2. The van der Waals surface area contributed by atoms with Gasteiger partial charge in [0, 0.05) is 10.9 Å². The first-order valence-corrected chi connectivity index (χ1v) is 8.30. The van der Waals surface area contributed by atoms with E-state index < -0.39 is 21.0 Å². The van der Waals surface area contributed by atoms with Gasteiger partial charge in [-0.2, -0.15) is 0 Å². The normalized spacial score (nSPS) is 13.1. The van der Waals surface area contributed by atoms with Crippen LogP contribution in [0, 0.1) is 0 Å². The highest BCUT2D eigenvalue weighted by molar-refractivity contribution is 7.89. The molecule has 2 aromatic rings. The molecule has 20 heavy (non-hydrogen) atoms. The fourth-order valence-corrected chi connectivity index (χ4v) is 3.03. The van der Waals surface area contributed by atoms with Crippen molar-refractivity contribution in [2.75, 3.05) is 0 Å². The fourth-order valence-electron chi connectivity index (χ4n) is 1.69. The second kappa shape index (κ2) is 5.78. The second-order valence-electron chi connectivity index (χ2n) is 4.15. The molecule has 0 saturated heterocycles. The predicted octanol–water partition coefficient (Wildman–Crippen LogP) is 1.87. The zero-order valence-electron chi connectivity index (χ0n) is 10.7. The molecule has 0 saturated carbocycles. The summed E-state index contributed by atoms with van der Waals surface area (Å²) in [4.78, 5) is 13.1. The molecule has 6 nitrogen and oxygen atoms in total. The SMILES string of the molecule is CCC(NC(=O)c1coc(S(N)(=O)=O)c1)c1cccs1. The molecule has 1 atom stereocenters. The maximum Gasteiger partial charge on any atom is 0.271 e. The standard InChI is InChI=1S/C12H14N2O4S2/c1-2-9(10-4-3-5-19-10)14-12(15)8-6-11(18-7-8)20(13,16)17/h3-7,9H,2H2,1H3,(H,14,15)(H2,13,16,17). The average molecular weight is 314 g/mol. The summed E-state index contributed by atoms with van der Waals surface area (Å²) in [7, 11) is -3.94. The van der Waals surface area contributed by atoms with E-state index >= 15 is 0 Å². The van der Waals surface area contributed by atoms with Crippen molar-refractivity contribution >= 4 is 27.3 Å². The van der Waals surface area contributed by atoms with Crippen LogP contribution in [0.3, 0.4) is 0 Å². The van der Waals surface area contributed by atoms with E-state index in [9.17, 15) is 13.2 Å². The summed E-state index contributed by atoms with van der Waals surface area (Å²) in [5.41, 5.74) is 0.129. The van der Waals surface area contributed by atoms with E-state index in [-0.39, 0.29) is 11.6 Å². The lowest BCUT2D eigenvalue weighted by Gasteiger charge is -2.14. The van der Waals surface area contributed by atoms with Crippen LogP contribution in [0.4, 0.5) is 0 Å². The summed E-state index contributed by atoms with van der Waals surface area (Å²) in [5.74, 6) is -0.399. The van der Waals surface area contributed by atoms with Gasteiger partial charge in [0.2, 0.25) is 5.09 Å². The van der Waals surface area contributed by atoms with Crippen molar-refractivity contribution in [3.8, 4) is 0 Å². The molecule has 0 aromatic carbocycles. The highest BCUT2D eigenvalue weighted by Crippen LogP contribution is 2.22. The van der Waals surface area contributed by atoms with Gasteiger partial charge in [0.1, 0.15) is 6.26 Å². The molecule has 2 aromatic heterocycles. The van der Waals surface area contributed by atoms with Crippen molar-refractivity contribution in [3.63, 3.8) is 0 Å². The van der Waals surface area contributed by atoms with Crippen LogP contribution < -0.4 is 10.5 Å². The molecule has 108 valence electrons. The van der Waals surface area contributed by atoms with Gasteiger partial charge in [-0.15, -0.1) is 11.3 Å². The average Bonchev–Trinajstić information content (AvgIpc) is 3.04. The van der Waals surface area contributed by atoms with Gasteiger partial charge in [-0.05, 0) is 17.9 Å². The molecule has 0 aliphatic carbocycles. The smallest absolute Gasteiger partial charge is 0.271 e. The molecule has 0 aliphatic heterocycles. The van der Waals surface area contributed by atoms with E-state index in [1.54, 1.807) is 11.3 Å². The summed E-state index contributed by atoms with van der Waals surface area (Å²) < 4.78 is 27.0. The van der Waals surface area contributed by atoms with Crippen LogP contribution in [0.1, 0.15) is 34.6 Å². The van der Waals surface area contributed by atoms with Crippen molar-refractivity contribution in [1.82, 2.24) is 5.32 Å². The van der Waals surface area contributed by atoms with Crippen LogP contribution in [0.5, 0.6) is 0 Å². The molecule has 2 heterocycles. The van der Waals surface area contributed by atoms with Gasteiger partial charge in [-0.1, -0.05) is 13.0 Å². The number of furan rings is 1. The van der Waals surface area contributed by atoms with Crippen LogP contribution >= 0.6 is 11.3 Å². The Labute approximate surface area is 120 Å². The monoisotopic (exact) mass is 314 g/mol. The number of nitrogens with two attached hydrogens (primary N) is 1. The van der Waals surface area contributed by atoms with Crippen molar-refractivity contribution in [2.45, 2.75) is 24.5 Å². The second-order valence-corrected chi connectivity index (χ2v) is 6.62. The molecule has 2 rings (SSSR count). The number of thiophene rings is 1. The van der Waals surface area contributed by atoms with Crippen molar-refractivity contribution in [1.29, 1.82) is 0 Å². The maximum absolute atomic E-state index is 12.0. The van der Waals surface area contributed by atoms with Crippen LogP contribution in [-0.4, -0.2) is 14.3 Å². The molecule has 0 fully saturated rings. The summed E-state index contributed by atoms with van der Waals surface area (Å²) in [6.07, 6.45) is 1.81. The van der Waals surface area contributed by atoms with Crippen LogP contribution in [-0.2, 0) is 10.0 Å². The lowest BCUT2D eigenvalue weighted by Crippen LogP contribution is -2.27. The minimum Gasteiger partial charge on any atom is -0.451 e. The number of primary sulfonamides is 1. The van der Waals surface area contributed by atoms with Crippen molar-refractivity contribution in [3.05, 3.63) is 40.3 Å². The third-order valence-corrected chi connectivity index (χ3v) is 4.48. The third kappa shape index (κ3) is 3.27. The zero-order valence-corrected chi connectivity index (χ0v) is 12.3. The van der Waals surface area contributed by atoms with E-state index in [0.717, 1.165) is 23.6 Å². The molecular formula is C12H14N2O4S2. The molecule has 8 heteroatoms. The first-order chi connectivity index (χ1) is 9.41. The Morgan fingerprint density at radius 2 is 2.30 bits per heavy atom. The number of rotatable bonds is 5. The molecule has 0 spiro atoms. The minimum absolute atomic E-state index is 0.115. The fraction of sp³-hybridized carbons (Fsp3) is 0.250. The van der Waals surface area contributed by atoms with Crippen LogP contribution in [0.25, 0.3) is 0 Å². The van der Waals surface area contributed by atoms with Crippen LogP contribution in [0.2, 0.25) is 0 Å². The largest absolute Gasteiger partial charge is 0.451 e. The van der Waals surface area contributed by atoms with E-state index in [1.807, 2.05) is 24.4 Å². The number of sulfonamides is 1. The third-order valence-electron chi connectivity index (χ3n) is 2.72. The van der Waals surface area contributed by atoms with Crippen LogP contribution in [0.15, 0.2) is 39.4 Å². The number of amides is 1. The van der Waals surface area contributed by atoms with E-state index in [2.05, 4.69) is 5.32 Å². The van der Waals surface area contributed by atoms with Gasteiger partial charge in [-0.25, -0.2) is 13.6 Å². The molecular weight excluding hydrogens is 300 g/mol. The molecule has 1 unspecified atom stereocenters. The number of carbonyl (C=O) groups excluding carboxylic acids is 1. The maximum atomic E-state index is 12.0. The Morgan fingerprint density at radius 1 is 1.55 bits per heavy atom. The minimum atomic E-state index is -3.94. The highest BCUT2D eigenvalue weighted by Gasteiger charge is 2.20. The topological polar surface area (TPSA) is 102 Å². The molecule has 0 bridgehead atoms. The Kier molecular flexibility index (Phi) is 4.26. The Hall–Kier alpha value is -1.64. The van der Waals surface area contributed by atoms with E-state index in [0.29, 0.717) is 0 Å². The summed E-state index contributed by atoms with van der Waals surface area (Å²) in [6.45, 7) is 1.95. The van der Waals surface area contributed by atoms with Gasteiger partial charge < -0.3 is 9.73 Å². The Bertz CT molecular complexity index is 689. The van der Waals surface area contributed by atoms with E-state index in [1.165, 1.54) is 0 Å². The van der Waals surface area contributed by atoms with Crippen molar-refractivity contribution in [2.24, 2.45) is 5.14 Å². The summed E-state index contributed by atoms with van der Waals surface area (Å²) in [6, 6.07) is 4.84. The molecule has 0 aliphatic rings. The van der Waals surface area contributed by atoms with E-state index in [4.69, 9.17) is 9.56 Å². The van der Waals surface area contributed by atoms with Gasteiger partial charge in [0.15, 0.2) is 0 Å². The number of hydrogen-bond acceptors (Lipinski definition) is 5. The molecule has 1 amide bonds. The van der Waals surface area contributed by atoms with Crippen molar-refractivity contribution < 1.29 is 17.6 Å². The lowest BCUT2D eigenvalue weighted by atomic mass is 10.1. The number of nitrogens with one attached hydrogen (secondary N) is 1. The van der Waals surface area contributed by atoms with Gasteiger partial charge in [0.25, 0.3) is 15.9 Å². The summed E-state index contributed by atoms with van der Waals surface area (Å²) >= 11 is 1.55. The molecule has 3 N–H and O–H groups in total. The Balaban J connectivity index is 2.14. The first kappa shape index (κ1) is 14.8. The lowest BCUT2D eigenvalue weighted by molar-refractivity contribution is 0.0935. The Morgan fingerprint density at radius 3 is 2.80 bits per heavy atom. The van der Waals surface area contributed by atoms with Gasteiger partial charge >= 0.3 is 0 Å².